The summed E-state index contributed by atoms with van der Waals surface area (Å²) in [7, 11) is 0. The number of hydrogen-bond acceptors (Lipinski definition) is 0. The van der Waals surface area contributed by atoms with Crippen molar-refractivity contribution in [2.75, 3.05) is 0 Å². The van der Waals surface area contributed by atoms with Crippen molar-refractivity contribution in [1.29, 1.82) is 0 Å². The van der Waals surface area contributed by atoms with E-state index in [1.165, 1.54) is 19.3 Å². The maximum Gasteiger partial charge on any atom is 0 e. The second-order valence-electron chi connectivity index (χ2n) is 4.42. The molecule has 0 spiro atoms. The fourth-order valence-corrected chi connectivity index (χ4v) is 2.61. The van der Waals surface area contributed by atoms with Gasteiger partial charge in [0.15, 0.2) is 0 Å². The smallest absolute Gasteiger partial charge is 0 e. The molecule has 3 aliphatic carbocycles. The van der Waals surface area contributed by atoms with Crippen LogP contribution in [0.2, 0.25) is 0 Å². The molecule has 0 aromatic heterocycles. The molecular weight excluding hydrogens is 216 g/mol. The number of hydrogen-bond donors (Lipinski definition) is 0. The van der Waals surface area contributed by atoms with Crippen LogP contribution in [0.25, 0.3) is 0 Å². The third-order valence-corrected chi connectivity index (χ3v) is 3.63. The molecule has 0 N–H and O–H groups in total. The topological polar surface area (TPSA) is 0 Å². The van der Waals surface area contributed by atoms with Gasteiger partial charge in [0, 0.05) is 21.1 Å². The fourth-order valence-electron chi connectivity index (χ4n) is 2.61. The predicted octanol–water partition coefficient (Wildman–Crippen LogP) is 3.14. The Morgan fingerprint density at radius 2 is 2.00 bits per heavy atom. The van der Waals surface area contributed by atoms with Crippen LogP contribution in [0.3, 0.4) is 0 Å². The Kier molecular flexibility index (Phi) is 2.36. The van der Waals surface area contributed by atoms with E-state index in [1.54, 1.807) is 11.1 Å². The average molecular weight is 232 g/mol. The van der Waals surface area contributed by atoms with Gasteiger partial charge in [0.05, 0.1) is 0 Å². The van der Waals surface area contributed by atoms with Crippen LogP contribution in [0, 0.1) is 11.3 Å². The van der Waals surface area contributed by atoms with Gasteiger partial charge in [-0.2, -0.15) is 0 Å². The molecule has 1 unspecified atom stereocenters. The average Bonchev–Trinajstić information content (AvgIpc) is 1.87. The van der Waals surface area contributed by atoms with E-state index in [4.69, 9.17) is 0 Å². The minimum Gasteiger partial charge on any atom is -0.0735 e. The van der Waals surface area contributed by atoms with E-state index in [-0.39, 0.29) is 21.1 Å². The molecule has 0 heterocycles. The molecule has 0 amide bonds. The molecule has 0 saturated heterocycles. The van der Waals surface area contributed by atoms with Crippen LogP contribution in [0.5, 0.6) is 0 Å². The minimum absolute atomic E-state index is 0. The van der Waals surface area contributed by atoms with E-state index in [1.807, 2.05) is 0 Å². The summed E-state index contributed by atoms with van der Waals surface area (Å²) < 4.78 is 0. The first-order valence-corrected chi connectivity index (χ1v) is 4.31. The summed E-state index contributed by atoms with van der Waals surface area (Å²) in [5, 5.41) is 0. The van der Waals surface area contributed by atoms with Crippen LogP contribution in [0.15, 0.2) is 11.1 Å². The molecule has 0 radical (unpaired) electrons. The fraction of sp³-hybridized carbons (Fsp3) is 0.800. The van der Waals surface area contributed by atoms with Gasteiger partial charge in [-0.15, -0.1) is 0 Å². The molecule has 0 aromatic carbocycles. The summed E-state index contributed by atoms with van der Waals surface area (Å²) in [6.45, 7) is 7.12. The van der Waals surface area contributed by atoms with Gasteiger partial charge in [0.1, 0.15) is 0 Å². The summed E-state index contributed by atoms with van der Waals surface area (Å²) in [6, 6.07) is 0. The third kappa shape index (κ3) is 1.15. The van der Waals surface area contributed by atoms with Crippen LogP contribution < -0.4 is 0 Å². The van der Waals surface area contributed by atoms with Gasteiger partial charge in [-0.05, 0) is 37.5 Å². The molecule has 1 heteroatoms. The Morgan fingerprint density at radius 1 is 1.36 bits per heavy atom. The molecule has 2 bridgehead atoms. The molecule has 1 fully saturated rings. The zero-order valence-corrected chi connectivity index (χ0v) is 9.61. The molecule has 11 heavy (non-hydrogen) atoms. The largest absolute Gasteiger partial charge is 0.0735 e. The van der Waals surface area contributed by atoms with E-state index in [0.717, 1.165) is 5.92 Å². The molecule has 0 aliphatic heterocycles. The van der Waals surface area contributed by atoms with Crippen LogP contribution >= 0.6 is 0 Å². The number of allylic oxidation sites excluding steroid dienone is 2. The Morgan fingerprint density at radius 3 is 2.27 bits per heavy atom. The normalized spacial score (nSPS) is 32.5. The third-order valence-electron chi connectivity index (χ3n) is 3.63. The van der Waals surface area contributed by atoms with E-state index in [2.05, 4.69) is 20.8 Å². The molecular formula is C10H16Mo. The van der Waals surface area contributed by atoms with Crippen molar-refractivity contribution < 1.29 is 21.1 Å². The van der Waals surface area contributed by atoms with Crippen molar-refractivity contribution in [2.45, 2.75) is 40.0 Å². The summed E-state index contributed by atoms with van der Waals surface area (Å²) in [4.78, 5) is 0. The van der Waals surface area contributed by atoms with E-state index >= 15 is 0 Å². The maximum absolute atomic E-state index is 2.40. The first-order chi connectivity index (χ1) is 4.62. The van der Waals surface area contributed by atoms with Crippen molar-refractivity contribution in [3.63, 3.8) is 0 Å². The van der Waals surface area contributed by atoms with Crippen molar-refractivity contribution in [2.24, 2.45) is 11.3 Å². The van der Waals surface area contributed by atoms with E-state index in [0.29, 0.717) is 5.41 Å². The molecule has 0 nitrogen and oxygen atoms in total. The molecule has 3 rings (SSSR count). The summed E-state index contributed by atoms with van der Waals surface area (Å²) in [5.74, 6) is 1.02. The van der Waals surface area contributed by atoms with Gasteiger partial charge in [-0.3, -0.25) is 0 Å². The van der Waals surface area contributed by atoms with Gasteiger partial charge < -0.3 is 0 Å². The SMILES string of the molecule is CC1=C2CC(CC1)C2(C)C.[Mo]. The minimum atomic E-state index is 0. The predicted molar refractivity (Wildman–Crippen MR) is 43.8 cm³/mol. The van der Waals surface area contributed by atoms with Gasteiger partial charge in [0.25, 0.3) is 0 Å². The van der Waals surface area contributed by atoms with Crippen molar-refractivity contribution in [3.8, 4) is 0 Å². The van der Waals surface area contributed by atoms with Crippen LogP contribution in [0.1, 0.15) is 40.0 Å². The van der Waals surface area contributed by atoms with Gasteiger partial charge in [-0.25, -0.2) is 0 Å². The first-order valence-electron chi connectivity index (χ1n) is 4.31. The second-order valence-corrected chi connectivity index (χ2v) is 4.42. The zero-order valence-electron chi connectivity index (χ0n) is 7.61. The molecule has 1 saturated carbocycles. The van der Waals surface area contributed by atoms with Crippen molar-refractivity contribution in [1.82, 2.24) is 0 Å². The molecule has 1 atom stereocenters. The Hall–Kier alpha value is 0.428. The Labute approximate surface area is 83.7 Å². The van der Waals surface area contributed by atoms with Crippen LogP contribution in [-0.4, -0.2) is 0 Å². The zero-order chi connectivity index (χ0) is 7.35. The quantitative estimate of drug-likeness (QED) is 0.444. The van der Waals surface area contributed by atoms with Crippen LogP contribution in [0.4, 0.5) is 0 Å². The standard InChI is InChI=1S/C10H16.Mo/c1-7-4-5-8-6-9(7)10(8,2)3;/h8H,4-6H2,1-3H3;. The second kappa shape index (κ2) is 2.73. The first kappa shape index (κ1) is 9.52. The maximum atomic E-state index is 2.40. The van der Waals surface area contributed by atoms with E-state index in [9.17, 15) is 0 Å². The number of rotatable bonds is 0. The molecule has 0 aromatic rings. The van der Waals surface area contributed by atoms with Crippen LogP contribution in [-0.2, 0) is 21.1 Å². The van der Waals surface area contributed by atoms with Gasteiger partial charge in [-0.1, -0.05) is 25.0 Å². The number of fused-ring (bicyclic) bond motifs is 2. The summed E-state index contributed by atoms with van der Waals surface area (Å²) in [5.41, 5.74) is 4.04. The summed E-state index contributed by atoms with van der Waals surface area (Å²) >= 11 is 0. The van der Waals surface area contributed by atoms with Crippen molar-refractivity contribution in [3.05, 3.63) is 11.1 Å². The molecule has 3 aliphatic rings. The summed E-state index contributed by atoms with van der Waals surface area (Å²) in [6.07, 6.45) is 4.24. The van der Waals surface area contributed by atoms with Crippen molar-refractivity contribution >= 4 is 0 Å². The Balaban J connectivity index is 0.000000605. The van der Waals surface area contributed by atoms with E-state index < -0.39 is 0 Å². The molecule has 62 valence electrons. The van der Waals surface area contributed by atoms with Gasteiger partial charge in [0.2, 0.25) is 0 Å². The monoisotopic (exact) mass is 234 g/mol. The van der Waals surface area contributed by atoms with Gasteiger partial charge >= 0.3 is 0 Å². The Bertz CT molecular complexity index is 201.